The van der Waals surface area contributed by atoms with Gasteiger partial charge in [0.15, 0.2) is 0 Å². The third-order valence-corrected chi connectivity index (χ3v) is 3.57. The highest BCUT2D eigenvalue weighted by molar-refractivity contribution is 5.79. The lowest BCUT2D eigenvalue weighted by Gasteiger charge is -2.19. The van der Waals surface area contributed by atoms with Crippen LogP contribution in [0.5, 0.6) is 0 Å². The zero-order chi connectivity index (χ0) is 12.1. The zero-order valence-corrected chi connectivity index (χ0v) is 11.0. The molecule has 1 fully saturated rings. The summed E-state index contributed by atoms with van der Waals surface area (Å²) in [6, 6.07) is 0.774. The van der Waals surface area contributed by atoms with Crippen LogP contribution in [0, 0.1) is 11.8 Å². The summed E-state index contributed by atoms with van der Waals surface area (Å²) in [6.45, 7) is 8.74. The smallest absolute Gasteiger partial charge is 0.206 e. The predicted octanol–water partition coefficient (Wildman–Crippen LogP) is 1.63. The summed E-state index contributed by atoms with van der Waals surface area (Å²) in [5.41, 5.74) is 2.65. The van der Waals surface area contributed by atoms with Crippen molar-refractivity contribution in [2.45, 2.75) is 59.0 Å². The molecule has 0 amide bonds. The second kappa shape index (κ2) is 6.09. The van der Waals surface area contributed by atoms with Crippen molar-refractivity contribution >= 4 is 5.96 Å². The minimum absolute atomic E-state index is 0.355. The molecule has 0 saturated heterocycles. The van der Waals surface area contributed by atoms with Crippen molar-refractivity contribution in [2.75, 3.05) is 0 Å². The molecule has 0 aromatic heterocycles. The second-order valence-corrected chi connectivity index (χ2v) is 5.09. The predicted molar refractivity (Wildman–Crippen MR) is 69.0 cm³/mol. The SMILES string of the molecule is CCC1CCC(N=C(NN)NC(C)C)C1C. The van der Waals surface area contributed by atoms with Crippen molar-refractivity contribution < 1.29 is 0 Å². The Morgan fingerprint density at radius 2 is 2.12 bits per heavy atom. The molecular weight excluding hydrogens is 200 g/mol. The van der Waals surface area contributed by atoms with Crippen LogP contribution < -0.4 is 16.6 Å². The molecule has 0 heterocycles. The van der Waals surface area contributed by atoms with Crippen molar-refractivity contribution in [3.8, 4) is 0 Å². The molecule has 4 nitrogen and oxygen atoms in total. The molecule has 3 atom stereocenters. The number of hydrogen-bond acceptors (Lipinski definition) is 2. The van der Waals surface area contributed by atoms with Gasteiger partial charge in [-0.15, -0.1) is 0 Å². The van der Waals surface area contributed by atoms with E-state index in [1.54, 1.807) is 0 Å². The summed E-state index contributed by atoms with van der Waals surface area (Å²) in [6.07, 6.45) is 3.74. The minimum Gasteiger partial charge on any atom is -0.353 e. The van der Waals surface area contributed by atoms with E-state index in [0.717, 1.165) is 11.9 Å². The van der Waals surface area contributed by atoms with E-state index < -0.39 is 0 Å². The fraction of sp³-hybridized carbons (Fsp3) is 0.917. The fourth-order valence-electron chi connectivity index (χ4n) is 2.54. The van der Waals surface area contributed by atoms with Crippen LogP contribution in [-0.4, -0.2) is 18.0 Å². The lowest BCUT2D eigenvalue weighted by Crippen LogP contribution is -2.45. The van der Waals surface area contributed by atoms with Crippen LogP contribution in [0.2, 0.25) is 0 Å². The van der Waals surface area contributed by atoms with Gasteiger partial charge in [-0.3, -0.25) is 5.43 Å². The largest absolute Gasteiger partial charge is 0.353 e. The van der Waals surface area contributed by atoms with Gasteiger partial charge in [0.05, 0.1) is 6.04 Å². The first-order chi connectivity index (χ1) is 7.58. The Bertz CT molecular complexity index is 237. The summed E-state index contributed by atoms with van der Waals surface area (Å²) in [4.78, 5) is 4.68. The van der Waals surface area contributed by atoms with Crippen LogP contribution >= 0.6 is 0 Å². The first-order valence-corrected chi connectivity index (χ1v) is 6.39. The van der Waals surface area contributed by atoms with E-state index in [9.17, 15) is 0 Å². The molecule has 3 unspecified atom stereocenters. The van der Waals surface area contributed by atoms with Gasteiger partial charge in [-0.1, -0.05) is 20.3 Å². The van der Waals surface area contributed by atoms with E-state index in [4.69, 9.17) is 5.84 Å². The molecule has 1 rings (SSSR count). The lowest BCUT2D eigenvalue weighted by molar-refractivity contribution is 0.382. The van der Waals surface area contributed by atoms with Crippen LogP contribution in [0.1, 0.15) is 47.0 Å². The fourth-order valence-corrected chi connectivity index (χ4v) is 2.54. The van der Waals surface area contributed by atoms with Crippen LogP contribution in [0.15, 0.2) is 4.99 Å². The zero-order valence-electron chi connectivity index (χ0n) is 11.0. The number of guanidine groups is 1. The first-order valence-electron chi connectivity index (χ1n) is 6.39. The number of hydrazine groups is 1. The second-order valence-electron chi connectivity index (χ2n) is 5.09. The molecule has 4 heteroatoms. The highest BCUT2D eigenvalue weighted by atomic mass is 15.3. The lowest BCUT2D eigenvalue weighted by atomic mass is 9.94. The Balaban J connectivity index is 2.60. The number of aliphatic imine (C=N–C) groups is 1. The summed E-state index contributed by atoms with van der Waals surface area (Å²) in [7, 11) is 0. The van der Waals surface area contributed by atoms with Crippen molar-refractivity contribution in [2.24, 2.45) is 22.7 Å². The van der Waals surface area contributed by atoms with Gasteiger partial charge in [-0.25, -0.2) is 10.8 Å². The topological polar surface area (TPSA) is 62.4 Å². The molecule has 94 valence electrons. The summed E-state index contributed by atoms with van der Waals surface area (Å²) >= 11 is 0. The van der Waals surface area contributed by atoms with Crippen LogP contribution in [0.25, 0.3) is 0 Å². The van der Waals surface area contributed by atoms with E-state index >= 15 is 0 Å². The van der Waals surface area contributed by atoms with Gasteiger partial charge < -0.3 is 5.32 Å². The van der Waals surface area contributed by atoms with Gasteiger partial charge in [-0.2, -0.15) is 0 Å². The molecule has 1 aliphatic rings. The molecule has 0 aromatic carbocycles. The van der Waals surface area contributed by atoms with E-state index in [1.165, 1.54) is 19.3 Å². The monoisotopic (exact) mass is 226 g/mol. The molecule has 0 aromatic rings. The van der Waals surface area contributed by atoms with Crippen LogP contribution in [-0.2, 0) is 0 Å². The van der Waals surface area contributed by atoms with E-state index in [2.05, 4.69) is 43.4 Å². The van der Waals surface area contributed by atoms with Gasteiger partial charge >= 0.3 is 0 Å². The normalized spacial score (nSPS) is 30.9. The van der Waals surface area contributed by atoms with Gasteiger partial charge in [0.2, 0.25) is 5.96 Å². The van der Waals surface area contributed by atoms with Gasteiger partial charge in [0.1, 0.15) is 0 Å². The molecule has 0 radical (unpaired) electrons. The van der Waals surface area contributed by atoms with E-state index in [0.29, 0.717) is 18.0 Å². The Hall–Kier alpha value is -0.770. The van der Waals surface area contributed by atoms with Crippen LogP contribution in [0.4, 0.5) is 0 Å². The molecule has 0 bridgehead atoms. The summed E-state index contributed by atoms with van der Waals surface area (Å²) in [5.74, 6) is 7.69. The average Bonchev–Trinajstić information content (AvgIpc) is 2.58. The molecule has 0 aliphatic heterocycles. The van der Waals surface area contributed by atoms with Crippen molar-refractivity contribution in [3.63, 3.8) is 0 Å². The maximum atomic E-state index is 5.47. The maximum Gasteiger partial charge on any atom is 0.206 e. The number of nitrogens with one attached hydrogen (secondary N) is 2. The Morgan fingerprint density at radius 3 is 2.56 bits per heavy atom. The van der Waals surface area contributed by atoms with Crippen molar-refractivity contribution in [1.82, 2.24) is 10.7 Å². The quantitative estimate of drug-likeness (QED) is 0.297. The summed E-state index contributed by atoms with van der Waals surface area (Å²) in [5, 5.41) is 3.22. The highest BCUT2D eigenvalue weighted by Crippen LogP contribution is 2.35. The highest BCUT2D eigenvalue weighted by Gasteiger charge is 2.31. The number of nitrogens with two attached hydrogens (primary N) is 1. The standard InChI is InChI=1S/C12H26N4/c1-5-10-6-7-11(9(10)4)15-12(16-13)14-8(2)3/h8-11H,5-7,13H2,1-4H3,(H2,14,15,16). The van der Waals surface area contributed by atoms with Gasteiger partial charge in [0, 0.05) is 6.04 Å². The first kappa shape index (κ1) is 13.3. The third-order valence-electron chi connectivity index (χ3n) is 3.57. The number of rotatable bonds is 3. The van der Waals surface area contributed by atoms with E-state index in [-0.39, 0.29) is 0 Å². The van der Waals surface area contributed by atoms with E-state index in [1.807, 2.05) is 0 Å². The number of nitrogens with zero attached hydrogens (tertiary/aromatic N) is 1. The van der Waals surface area contributed by atoms with Crippen molar-refractivity contribution in [1.29, 1.82) is 0 Å². The van der Waals surface area contributed by atoms with Gasteiger partial charge in [0.25, 0.3) is 0 Å². The molecule has 4 N–H and O–H groups in total. The van der Waals surface area contributed by atoms with Crippen LogP contribution in [0.3, 0.4) is 0 Å². The molecule has 1 aliphatic carbocycles. The average molecular weight is 226 g/mol. The minimum atomic E-state index is 0.355. The third kappa shape index (κ3) is 3.37. The number of hydrogen-bond donors (Lipinski definition) is 3. The Labute approximate surface area is 99.1 Å². The molecule has 1 saturated carbocycles. The maximum absolute atomic E-state index is 5.47. The molecule has 16 heavy (non-hydrogen) atoms. The van der Waals surface area contributed by atoms with Gasteiger partial charge in [-0.05, 0) is 38.5 Å². The van der Waals surface area contributed by atoms with Crippen molar-refractivity contribution in [3.05, 3.63) is 0 Å². The Kier molecular flexibility index (Phi) is 5.06. The Morgan fingerprint density at radius 1 is 1.44 bits per heavy atom. The summed E-state index contributed by atoms with van der Waals surface area (Å²) < 4.78 is 0. The molecule has 0 spiro atoms. The molecular formula is C12H26N4.